The van der Waals surface area contributed by atoms with Crippen molar-refractivity contribution in [3.63, 3.8) is 0 Å². The summed E-state index contributed by atoms with van der Waals surface area (Å²) < 4.78 is 38.7. The van der Waals surface area contributed by atoms with Gasteiger partial charge in [0.25, 0.3) is 0 Å². The zero-order chi connectivity index (χ0) is 20.1. The predicted molar refractivity (Wildman–Crippen MR) is 103 cm³/mol. The van der Waals surface area contributed by atoms with E-state index in [0.29, 0.717) is 24.6 Å². The number of rotatable bonds is 8. The van der Waals surface area contributed by atoms with E-state index in [4.69, 9.17) is 13.3 Å². The number of carbonyl (C=O) groups excluding carboxylic acids is 1. The second kappa shape index (κ2) is 8.68. The normalized spacial score (nSPS) is 14.8. The SMILES string of the molecule is COc1ccc(CN(Cc2ccco2)C(=O)C2CCCC2)cc1OS(C)(=O)=O. The average molecular weight is 407 g/mol. The molecular formula is C20H25NO6S. The first-order valence-corrected chi connectivity index (χ1v) is 11.0. The highest BCUT2D eigenvalue weighted by Gasteiger charge is 2.28. The standard InChI is InChI=1S/C20H25NO6S/c1-25-18-10-9-15(12-19(18)27-28(2,23)24)13-21(14-17-8-5-11-26-17)20(22)16-6-3-4-7-16/h5,8-12,16H,3-4,6-7,13-14H2,1-2H3. The Hall–Kier alpha value is -2.48. The van der Waals surface area contributed by atoms with Crippen LogP contribution in [-0.4, -0.2) is 32.6 Å². The van der Waals surface area contributed by atoms with Gasteiger partial charge in [0, 0.05) is 12.5 Å². The van der Waals surface area contributed by atoms with E-state index in [1.165, 1.54) is 7.11 Å². The molecule has 0 saturated heterocycles. The maximum atomic E-state index is 13.0. The number of benzene rings is 1. The highest BCUT2D eigenvalue weighted by atomic mass is 32.2. The lowest BCUT2D eigenvalue weighted by molar-refractivity contribution is -0.136. The Morgan fingerprint density at radius 1 is 1.18 bits per heavy atom. The molecule has 1 fully saturated rings. The summed E-state index contributed by atoms with van der Waals surface area (Å²) in [6, 6.07) is 8.66. The number of carbonyl (C=O) groups is 1. The molecule has 3 rings (SSSR count). The van der Waals surface area contributed by atoms with Gasteiger partial charge >= 0.3 is 10.1 Å². The summed E-state index contributed by atoms with van der Waals surface area (Å²) in [5.41, 5.74) is 0.748. The Bertz CT molecular complexity index is 901. The van der Waals surface area contributed by atoms with Crippen LogP contribution >= 0.6 is 0 Å². The van der Waals surface area contributed by atoms with Crippen LogP contribution in [0.1, 0.15) is 37.0 Å². The largest absolute Gasteiger partial charge is 0.493 e. The molecule has 0 N–H and O–H groups in total. The number of furan rings is 1. The van der Waals surface area contributed by atoms with Crippen LogP contribution in [0.2, 0.25) is 0 Å². The molecule has 7 nitrogen and oxygen atoms in total. The van der Waals surface area contributed by atoms with Crippen molar-refractivity contribution in [3.05, 3.63) is 47.9 Å². The molecule has 0 atom stereocenters. The van der Waals surface area contributed by atoms with Crippen molar-refractivity contribution < 1.29 is 26.5 Å². The maximum Gasteiger partial charge on any atom is 0.306 e. The van der Waals surface area contributed by atoms with Gasteiger partial charge in [0.15, 0.2) is 11.5 Å². The first-order valence-electron chi connectivity index (χ1n) is 9.23. The van der Waals surface area contributed by atoms with E-state index < -0.39 is 10.1 Å². The van der Waals surface area contributed by atoms with Crippen LogP contribution in [0.5, 0.6) is 11.5 Å². The first-order chi connectivity index (χ1) is 13.4. The lowest BCUT2D eigenvalue weighted by atomic mass is 10.1. The molecule has 2 aromatic rings. The summed E-state index contributed by atoms with van der Waals surface area (Å²) in [6.07, 6.45) is 6.50. The molecule has 1 aromatic carbocycles. The number of ether oxygens (including phenoxy) is 1. The van der Waals surface area contributed by atoms with Crippen molar-refractivity contribution in [1.29, 1.82) is 0 Å². The molecule has 0 aliphatic heterocycles. The van der Waals surface area contributed by atoms with Crippen LogP contribution in [0.25, 0.3) is 0 Å². The summed E-state index contributed by atoms with van der Waals surface area (Å²) in [6.45, 7) is 0.677. The van der Waals surface area contributed by atoms with Gasteiger partial charge in [-0.1, -0.05) is 18.9 Å². The molecule has 0 radical (unpaired) electrons. The van der Waals surface area contributed by atoms with Crippen LogP contribution in [0, 0.1) is 5.92 Å². The van der Waals surface area contributed by atoms with Gasteiger partial charge in [-0.15, -0.1) is 0 Å². The van der Waals surface area contributed by atoms with Gasteiger partial charge in [-0.3, -0.25) is 4.79 Å². The Kier molecular flexibility index (Phi) is 6.28. The minimum absolute atomic E-state index is 0.0277. The van der Waals surface area contributed by atoms with E-state index in [0.717, 1.165) is 37.5 Å². The Labute approximate surface area is 165 Å². The number of hydrogen-bond donors (Lipinski definition) is 0. The molecule has 1 aliphatic rings. The van der Waals surface area contributed by atoms with Gasteiger partial charge in [-0.25, -0.2) is 0 Å². The summed E-state index contributed by atoms with van der Waals surface area (Å²) in [5, 5.41) is 0. The van der Waals surface area contributed by atoms with Gasteiger partial charge in [0.05, 0.1) is 26.2 Å². The van der Waals surface area contributed by atoms with Crippen molar-refractivity contribution in [2.75, 3.05) is 13.4 Å². The van der Waals surface area contributed by atoms with Gasteiger partial charge in [0.1, 0.15) is 5.76 Å². The smallest absolute Gasteiger partial charge is 0.306 e. The zero-order valence-corrected chi connectivity index (χ0v) is 16.9. The minimum atomic E-state index is -3.70. The van der Waals surface area contributed by atoms with E-state index >= 15 is 0 Å². The van der Waals surface area contributed by atoms with Crippen molar-refractivity contribution >= 4 is 16.0 Å². The summed E-state index contributed by atoms with van der Waals surface area (Å²) in [7, 11) is -2.26. The van der Waals surface area contributed by atoms with E-state index in [9.17, 15) is 13.2 Å². The van der Waals surface area contributed by atoms with E-state index in [1.54, 1.807) is 35.4 Å². The molecular weight excluding hydrogens is 382 g/mol. The van der Waals surface area contributed by atoms with Gasteiger partial charge in [0.2, 0.25) is 5.91 Å². The van der Waals surface area contributed by atoms with Gasteiger partial charge in [-0.05, 0) is 42.7 Å². The lowest BCUT2D eigenvalue weighted by Gasteiger charge is -2.25. The highest BCUT2D eigenvalue weighted by molar-refractivity contribution is 7.86. The van der Waals surface area contributed by atoms with Crippen LogP contribution in [0.15, 0.2) is 41.0 Å². The molecule has 1 aromatic heterocycles. The quantitative estimate of drug-likeness (QED) is 0.624. The van der Waals surface area contributed by atoms with Crippen LogP contribution in [0.4, 0.5) is 0 Å². The van der Waals surface area contributed by atoms with Crippen LogP contribution in [-0.2, 0) is 28.0 Å². The second-order valence-corrected chi connectivity index (χ2v) is 8.60. The molecule has 1 amide bonds. The molecule has 0 spiro atoms. The summed E-state index contributed by atoms with van der Waals surface area (Å²) in [5.74, 6) is 1.24. The Morgan fingerprint density at radius 2 is 1.93 bits per heavy atom. The van der Waals surface area contributed by atoms with E-state index in [-0.39, 0.29) is 17.6 Å². The molecule has 152 valence electrons. The molecule has 8 heteroatoms. The van der Waals surface area contributed by atoms with Gasteiger partial charge < -0.3 is 18.2 Å². The average Bonchev–Trinajstić information content (AvgIpc) is 3.33. The second-order valence-electron chi connectivity index (χ2n) is 7.03. The molecule has 0 unspecified atom stereocenters. The fourth-order valence-electron chi connectivity index (χ4n) is 3.50. The molecule has 28 heavy (non-hydrogen) atoms. The van der Waals surface area contributed by atoms with E-state index in [1.807, 2.05) is 6.07 Å². The number of hydrogen-bond acceptors (Lipinski definition) is 6. The van der Waals surface area contributed by atoms with Crippen molar-refractivity contribution in [2.24, 2.45) is 5.92 Å². The summed E-state index contributed by atoms with van der Waals surface area (Å²) >= 11 is 0. The van der Waals surface area contributed by atoms with Crippen molar-refractivity contribution in [2.45, 2.75) is 38.8 Å². The van der Waals surface area contributed by atoms with Crippen LogP contribution < -0.4 is 8.92 Å². The third-order valence-corrected chi connectivity index (χ3v) is 5.27. The Balaban J connectivity index is 1.84. The number of amides is 1. The predicted octanol–water partition coefficient (Wildman–Crippen LogP) is 3.35. The first kappa shape index (κ1) is 20.3. The lowest BCUT2D eigenvalue weighted by Crippen LogP contribution is -2.34. The number of methoxy groups -OCH3 is 1. The molecule has 1 aliphatic carbocycles. The zero-order valence-electron chi connectivity index (χ0n) is 16.1. The number of nitrogens with zero attached hydrogens (tertiary/aromatic N) is 1. The summed E-state index contributed by atoms with van der Waals surface area (Å²) in [4.78, 5) is 14.8. The van der Waals surface area contributed by atoms with E-state index in [2.05, 4.69) is 0 Å². The fraction of sp³-hybridized carbons (Fsp3) is 0.450. The molecule has 0 bridgehead atoms. The Morgan fingerprint density at radius 3 is 2.54 bits per heavy atom. The third kappa shape index (κ3) is 5.28. The van der Waals surface area contributed by atoms with Crippen molar-refractivity contribution in [1.82, 2.24) is 4.90 Å². The maximum absolute atomic E-state index is 13.0. The van der Waals surface area contributed by atoms with Crippen molar-refractivity contribution in [3.8, 4) is 11.5 Å². The third-order valence-electron chi connectivity index (χ3n) is 4.79. The molecule has 1 heterocycles. The minimum Gasteiger partial charge on any atom is -0.493 e. The fourth-order valence-corrected chi connectivity index (χ4v) is 3.96. The van der Waals surface area contributed by atoms with Gasteiger partial charge in [-0.2, -0.15) is 8.42 Å². The monoisotopic (exact) mass is 407 g/mol. The molecule has 1 saturated carbocycles. The highest BCUT2D eigenvalue weighted by Crippen LogP contribution is 2.31. The topological polar surface area (TPSA) is 86.0 Å². The van der Waals surface area contributed by atoms with Crippen LogP contribution in [0.3, 0.4) is 0 Å².